The van der Waals surface area contributed by atoms with Crippen LogP contribution in [0.2, 0.25) is 0 Å². The summed E-state index contributed by atoms with van der Waals surface area (Å²) in [7, 11) is 0. The molecule has 2 fully saturated rings. The van der Waals surface area contributed by atoms with E-state index in [0.717, 1.165) is 55.0 Å². The van der Waals surface area contributed by atoms with Gasteiger partial charge in [0, 0.05) is 56.8 Å². The number of carbonyl (C=O) groups excluding carboxylic acids is 1. The maximum absolute atomic E-state index is 13.6. The molecule has 2 aliphatic rings. The van der Waals surface area contributed by atoms with Gasteiger partial charge in [-0.1, -0.05) is 31.0 Å². The van der Waals surface area contributed by atoms with Gasteiger partial charge in [0.05, 0.1) is 20.9 Å². The number of piperazine rings is 1. The maximum Gasteiger partial charge on any atom is 0.258 e. The van der Waals surface area contributed by atoms with Gasteiger partial charge in [-0.05, 0) is 37.1 Å². The number of nitrogens with zero attached hydrogens (tertiary/aromatic N) is 5. The fraction of sp³-hybridized carbons (Fsp3) is 0.407. The third-order valence-corrected chi connectivity index (χ3v) is 8.57. The zero-order valence-corrected chi connectivity index (χ0v) is 20.5. The molecule has 1 amide bonds. The van der Waals surface area contributed by atoms with Gasteiger partial charge in [0.25, 0.3) is 5.56 Å². The van der Waals surface area contributed by atoms with Crippen LogP contribution < -0.4 is 5.56 Å². The van der Waals surface area contributed by atoms with Gasteiger partial charge in [0.1, 0.15) is 5.65 Å². The molecule has 4 aromatic rings. The van der Waals surface area contributed by atoms with Crippen molar-refractivity contribution in [2.45, 2.75) is 38.1 Å². The van der Waals surface area contributed by atoms with Gasteiger partial charge in [0.15, 0.2) is 0 Å². The van der Waals surface area contributed by atoms with Gasteiger partial charge in [0.2, 0.25) is 5.91 Å². The summed E-state index contributed by atoms with van der Waals surface area (Å²) in [6, 6.07) is 15.5. The minimum Gasteiger partial charge on any atom is -0.340 e. The van der Waals surface area contributed by atoms with Crippen molar-refractivity contribution < 1.29 is 4.79 Å². The molecule has 1 aliphatic carbocycles. The monoisotopic (exact) mass is 487 g/mol. The average Bonchev–Trinajstić information content (AvgIpc) is 3.33. The Bertz CT molecular complexity index is 1390. The summed E-state index contributed by atoms with van der Waals surface area (Å²) >= 11 is 1.75. The van der Waals surface area contributed by atoms with Crippen molar-refractivity contribution in [1.82, 2.24) is 24.2 Å². The number of hydrogen-bond acceptors (Lipinski definition) is 6. The summed E-state index contributed by atoms with van der Waals surface area (Å²) in [5.74, 6) is 0.537. The van der Waals surface area contributed by atoms with E-state index >= 15 is 0 Å². The summed E-state index contributed by atoms with van der Waals surface area (Å²) in [4.78, 5) is 39.9. The summed E-state index contributed by atoms with van der Waals surface area (Å²) < 4.78 is 2.77. The predicted molar refractivity (Wildman–Crippen MR) is 138 cm³/mol. The number of benzene rings is 1. The van der Waals surface area contributed by atoms with E-state index in [9.17, 15) is 9.59 Å². The molecule has 0 spiro atoms. The molecule has 2 atom stereocenters. The first kappa shape index (κ1) is 22.4. The predicted octanol–water partition coefficient (Wildman–Crippen LogP) is 3.92. The highest BCUT2D eigenvalue weighted by Gasteiger charge is 2.37. The quantitative estimate of drug-likeness (QED) is 0.436. The molecule has 1 aromatic carbocycles. The van der Waals surface area contributed by atoms with E-state index in [-0.39, 0.29) is 23.3 Å². The van der Waals surface area contributed by atoms with Gasteiger partial charge in [-0.25, -0.2) is 9.97 Å². The van der Waals surface area contributed by atoms with E-state index in [1.807, 2.05) is 24.3 Å². The summed E-state index contributed by atoms with van der Waals surface area (Å²) in [5.41, 5.74) is 2.43. The van der Waals surface area contributed by atoms with Gasteiger partial charge in [-0.2, -0.15) is 0 Å². The first-order valence-corrected chi connectivity index (χ1v) is 13.3. The van der Waals surface area contributed by atoms with Crippen molar-refractivity contribution in [1.29, 1.82) is 0 Å². The summed E-state index contributed by atoms with van der Waals surface area (Å²) in [6.45, 7) is 3.64. The van der Waals surface area contributed by atoms with Crippen LogP contribution in [0.1, 0.15) is 42.3 Å². The number of fused-ring (bicyclic) bond motifs is 2. The van der Waals surface area contributed by atoms with Crippen molar-refractivity contribution >= 4 is 33.1 Å². The van der Waals surface area contributed by atoms with Crippen LogP contribution in [0.5, 0.6) is 0 Å². The van der Waals surface area contributed by atoms with Crippen molar-refractivity contribution in [2.24, 2.45) is 5.92 Å². The Morgan fingerprint density at radius 2 is 1.77 bits per heavy atom. The Kier molecular flexibility index (Phi) is 6.08. The first-order valence-electron chi connectivity index (χ1n) is 12.5. The van der Waals surface area contributed by atoms with E-state index in [1.165, 1.54) is 4.70 Å². The van der Waals surface area contributed by atoms with Gasteiger partial charge < -0.3 is 4.90 Å². The molecule has 7 nitrogen and oxygen atoms in total. The Morgan fingerprint density at radius 1 is 0.971 bits per heavy atom. The fourth-order valence-electron chi connectivity index (χ4n) is 5.54. The van der Waals surface area contributed by atoms with Crippen molar-refractivity contribution in [3.8, 4) is 0 Å². The highest BCUT2D eigenvalue weighted by Crippen LogP contribution is 2.41. The molecular formula is C27H29N5O2S. The lowest BCUT2D eigenvalue weighted by atomic mass is 9.78. The van der Waals surface area contributed by atoms with Crippen molar-refractivity contribution in [3.05, 3.63) is 75.8 Å². The smallest absolute Gasteiger partial charge is 0.258 e. The minimum atomic E-state index is -0.0578. The third-order valence-electron chi connectivity index (χ3n) is 7.40. The Hall–Kier alpha value is -3.10. The molecule has 3 aromatic heterocycles. The molecular weight excluding hydrogens is 458 g/mol. The number of thiazole rings is 1. The highest BCUT2D eigenvalue weighted by atomic mass is 32.1. The lowest BCUT2D eigenvalue weighted by Gasteiger charge is -2.38. The highest BCUT2D eigenvalue weighted by molar-refractivity contribution is 7.18. The first-order chi connectivity index (χ1) is 17.2. The van der Waals surface area contributed by atoms with Crippen molar-refractivity contribution in [3.63, 3.8) is 0 Å². The SMILES string of the molecule is O=C([C@H]1CCCC[C@@H]1c1nc2ccccc2s1)N1CCN(Cc2cc(=O)n3ccccc3n2)CC1. The van der Waals surface area contributed by atoms with Crippen LogP contribution in [0.4, 0.5) is 0 Å². The van der Waals surface area contributed by atoms with Crippen LogP contribution in [0, 0.1) is 5.92 Å². The Balaban J connectivity index is 1.12. The minimum absolute atomic E-state index is 0.0260. The molecule has 0 N–H and O–H groups in total. The van der Waals surface area contributed by atoms with E-state index in [0.29, 0.717) is 25.3 Å². The van der Waals surface area contributed by atoms with Crippen LogP contribution in [0.15, 0.2) is 59.5 Å². The molecule has 1 saturated carbocycles. The van der Waals surface area contributed by atoms with Crippen LogP contribution in [-0.2, 0) is 11.3 Å². The van der Waals surface area contributed by atoms with Crippen LogP contribution in [0.3, 0.4) is 0 Å². The molecule has 8 heteroatoms. The van der Waals surface area contributed by atoms with Crippen LogP contribution in [-0.4, -0.2) is 56.3 Å². The topological polar surface area (TPSA) is 70.8 Å². The second-order valence-electron chi connectivity index (χ2n) is 9.63. The molecule has 4 heterocycles. The number of pyridine rings is 1. The number of aromatic nitrogens is 3. The Labute approximate surface area is 208 Å². The zero-order chi connectivity index (χ0) is 23.8. The number of para-hydroxylation sites is 1. The number of amides is 1. The van der Waals surface area contributed by atoms with E-state index in [2.05, 4.69) is 33.0 Å². The number of hydrogen-bond donors (Lipinski definition) is 0. The molecule has 1 saturated heterocycles. The Morgan fingerprint density at radius 3 is 2.63 bits per heavy atom. The van der Waals surface area contributed by atoms with Crippen LogP contribution >= 0.6 is 11.3 Å². The standard InChI is InChI=1S/C27H29N5O2S/c33-25-17-19(28-24-11-5-6-12-32(24)25)18-30-13-15-31(16-14-30)27(34)21-8-2-1-7-20(21)26-29-22-9-3-4-10-23(22)35-26/h3-6,9-12,17,20-21H,1-2,7-8,13-16,18H2/t20-,21-/m0/s1. The van der Waals surface area contributed by atoms with Gasteiger partial charge >= 0.3 is 0 Å². The number of rotatable bonds is 4. The molecule has 35 heavy (non-hydrogen) atoms. The average molecular weight is 488 g/mol. The fourth-order valence-corrected chi connectivity index (χ4v) is 6.71. The third kappa shape index (κ3) is 4.48. The van der Waals surface area contributed by atoms with Gasteiger partial charge in [-0.15, -0.1) is 11.3 Å². The van der Waals surface area contributed by atoms with E-state index < -0.39 is 0 Å². The molecule has 0 bridgehead atoms. The second kappa shape index (κ2) is 9.51. The van der Waals surface area contributed by atoms with Crippen LogP contribution in [0.25, 0.3) is 15.9 Å². The van der Waals surface area contributed by atoms with E-state index in [4.69, 9.17) is 4.98 Å². The molecule has 0 radical (unpaired) electrons. The van der Waals surface area contributed by atoms with E-state index in [1.54, 1.807) is 28.0 Å². The molecule has 1 aliphatic heterocycles. The molecule has 180 valence electrons. The summed E-state index contributed by atoms with van der Waals surface area (Å²) in [6.07, 6.45) is 6.01. The van der Waals surface area contributed by atoms with Crippen molar-refractivity contribution in [2.75, 3.05) is 26.2 Å². The second-order valence-corrected chi connectivity index (χ2v) is 10.7. The lowest BCUT2D eigenvalue weighted by Crippen LogP contribution is -2.51. The van der Waals surface area contributed by atoms with Gasteiger partial charge in [-0.3, -0.25) is 18.9 Å². The summed E-state index contributed by atoms with van der Waals surface area (Å²) in [5, 5.41) is 1.12. The zero-order valence-electron chi connectivity index (χ0n) is 19.7. The number of carbonyl (C=O) groups is 1. The molecule has 0 unspecified atom stereocenters. The lowest BCUT2D eigenvalue weighted by molar-refractivity contribution is -0.139. The normalized spacial score (nSPS) is 21.5. The largest absolute Gasteiger partial charge is 0.340 e. The molecule has 6 rings (SSSR count). The maximum atomic E-state index is 13.6.